The number of nitrogens with zero attached hydrogens (tertiary/aromatic N) is 2. The van der Waals surface area contributed by atoms with E-state index in [0.717, 1.165) is 18.2 Å². The lowest BCUT2D eigenvalue weighted by atomic mass is 10.2. The maximum atomic E-state index is 5.65. The summed E-state index contributed by atoms with van der Waals surface area (Å²) in [5.74, 6) is 0. The topological polar surface area (TPSA) is 18.5 Å². The van der Waals surface area contributed by atoms with Gasteiger partial charge in [-0.2, -0.15) is 0 Å². The van der Waals surface area contributed by atoms with Gasteiger partial charge in [0.15, 0.2) is 5.11 Å². The van der Waals surface area contributed by atoms with Gasteiger partial charge in [0, 0.05) is 25.2 Å². The third-order valence-electron chi connectivity index (χ3n) is 4.32. The van der Waals surface area contributed by atoms with E-state index in [1.807, 2.05) is 0 Å². The molecule has 3 nitrogen and oxygen atoms in total. The SMILES string of the molecule is CCC1CN(C)CCCN1C(=S)NC1CCCC1. The van der Waals surface area contributed by atoms with Crippen LogP contribution < -0.4 is 5.32 Å². The lowest BCUT2D eigenvalue weighted by Gasteiger charge is -2.33. The van der Waals surface area contributed by atoms with Gasteiger partial charge in [-0.25, -0.2) is 0 Å². The summed E-state index contributed by atoms with van der Waals surface area (Å²) in [6, 6.07) is 1.22. The van der Waals surface area contributed by atoms with Crippen LogP contribution in [0.2, 0.25) is 0 Å². The Kier molecular flexibility index (Phi) is 5.25. The zero-order valence-corrected chi connectivity index (χ0v) is 12.6. The van der Waals surface area contributed by atoms with Crippen LogP contribution in [-0.4, -0.2) is 53.7 Å². The first kappa shape index (κ1) is 14.1. The molecule has 1 saturated carbocycles. The van der Waals surface area contributed by atoms with E-state index in [-0.39, 0.29) is 0 Å². The highest BCUT2D eigenvalue weighted by atomic mass is 32.1. The summed E-state index contributed by atoms with van der Waals surface area (Å²) >= 11 is 5.65. The average molecular weight is 269 g/mol. The zero-order chi connectivity index (χ0) is 13.0. The van der Waals surface area contributed by atoms with Gasteiger partial charge in [0.1, 0.15) is 0 Å². The van der Waals surface area contributed by atoms with E-state index < -0.39 is 0 Å². The molecule has 18 heavy (non-hydrogen) atoms. The molecule has 0 amide bonds. The van der Waals surface area contributed by atoms with E-state index in [0.29, 0.717) is 12.1 Å². The highest BCUT2D eigenvalue weighted by molar-refractivity contribution is 7.80. The third-order valence-corrected chi connectivity index (χ3v) is 4.67. The van der Waals surface area contributed by atoms with Crippen LogP contribution in [0.15, 0.2) is 0 Å². The number of rotatable bonds is 2. The molecule has 1 N–H and O–H groups in total. The van der Waals surface area contributed by atoms with Crippen molar-refractivity contribution < 1.29 is 0 Å². The van der Waals surface area contributed by atoms with Gasteiger partial charge in [-0.05, 0) is 51.5 Å². The van der Waals surface area contributed by atoms with Crippen LogP contribution in [0.25, 0.3) is 0 Å². The predicted octanol–water partition coefficient (Wildman–Crippen LogP) is 2.22. The van der Waals surface area contributed by atoms with Crippen LogP contribution in [0.5, 0.6) is 0 Å². The summed E-state index contributed by atoms with van der Waals surface area (Å²) in [4.78, 5) is 4.88. The molecule has 0 radical (unpaired) electrons. The highest BCUT2D eigenvalue weighted by Gasteiger charge is 2.25. The standard InChI is InChI=1S/C14H27N3S/c1-3-13-11-16(2)9-6-10-17(13)14(18)15-12-7-4-5-8-12/h12-13H,3-11H2,1-2H3,(H,15,18). The Morgan fingerprint density at radius 1 is 1.22 bits per heavy atom. The lowest BCUT2D eigenvalue weighted by Crippen LogP contribution is -2.50. The molecule has 1 heterocycles. The Morgan fingerprint density at radius 3 is 2.61 bits per heavy atom. The van der Waals surface area contributed by atoms with Crippen molar-refractivity contribution in [1.29, 1.82) is 0 Å². The summed E-state index contributed by atoms with van der Waals surface area (Å²) in [6.07, 6.45) is 7.71. The molecule has 1 unspecified atom stereocenters. The normalized spacial score (nSPS) is 27.2. The van der Waals surface area contributed by atoms with Crippen LogP contribution in [0.3, 0.4) is 0 Å². The van der Waals surface area contributed by atoms with Crippen molar-refractivity contribution in [2.45, 2.75) is 57.5 Å². The largest absolute Gasteiger partial charge is 0.360 e. The van der Waals surface area contributed by atoms with Gasteiger partial charge < -0.3 is 15.1 Å². The van der Waals surface area contributed by atoms with Crippen LogP contribution in [0.4, 0.5) is 0 Å². The fourth-order valence-electron chi connectivity index (χ4n) is 3.19. The molecular weight excluding hydrogens is 242 g/mol. The molecule has 0 bridgehead atoms. The van der Waals surface area contributed by atoms with Gasteiger partial charge in [-0.1, -0.05) is 19.8 Å². The molecule has 0 aromatic rings. The molecule has 1 atom stereocenters. The van der Waals surface area contributed by atoms with Crippen LogP contribution in [0.1, 0.15) is 45.4 Å². The first-order valence-corrected chi connectivity index (χ1v) is 7.87. The Morgan fingerprint density at radius 2 is 1.94 bits per heavy atom. The van der Waals surface area contributed by atoms with Crippen LogP contribution in [-0.2, 0) is 0 Å². The molecule has 1 saturated heterocycles. The first-order chi connectivity index (χ1) is 8.70. The maximum Gasteiger partial charge on any atom is 0.169 e. The molecule has 2 aliphatic rings. The molecule has 2 fully saturated rings. The average Bonchev–Trinajstić information content (AvgIpc) is 2.77. The lowest BCUT2D eigenvalue weighted by molar-refractivity contribution is 0.260. The smallest absolute Gasteiger partial charge is 0.169 e. The first-order valence-electron chi connectivity index (χ1n) is 7.46. The number of hydrogen-bond donors (Lipinski definition) is 1. The van der Waals surface area contributed by atoms with Crippen molar-refractivity contribution in [2.24, 2.45) is 0 Å². The summed E-state index contributed by atoms with van der Waals surface area (Å²) in [6.45, 7) is 5.72. The molecule has 0 aromatic heterocycles. The van der Waals surface area contributed by atoms with Gasteiger partial charge in [-0.15, -0.1) is 0 Å². The van der Waals surface area contributed by atoms with E-state index >= 15 is 0 Å². The Balaban J connectivity index is 1.92. The third kappa shape index (κ3) is 3.58. The molecule has 4 heteroatoms. The Labute approximate surface area is 117 Å². The summed E-state index contributed by atoms with van der Waals surface area (Å²) in [7, 11) is 2.22. The maximum absolute atomic E-state index is 5.65. The summed E-state index contributed by atoms with van der Waals surface area (Å²) < 4.78 is 0. The van der Waals surface area contributed by atoms with Crippen molar-refractivity contribution in [3.05, 3.63) is 0 Å². The number of thiocarbonyl (C=S) groups is 1. The second-order valence-corrected chi connectivity index (χ2v) is 6.19. The monoisotopic (exact) mass is 269 g/mol. The van der Waals surface area contributed by atoms with Gasteiger partial charge in [-0.3, -0.25) is 0 Å². The van der Waals surface area contributed by atoms with E-state index in [1.165, 1.54) is 45.1 Å². The van der Waals surface area contributed by atoms with Gasteiger partial charge in [0.25, 0.3) is 0 Å². The molecule has 1 aliphatic carbocycles. The number of nitrogens with one attached hydrogen (secondary N) is 1. The number of likely N-dealkylation sites (N-methyl/N-ethyl adjacent to an activating group) is 1. The zero-order valence-electron chi connectivity index (χ0n) is 11.8. The molecule has 104 valence electrons. The van der Waals surface area contributed by atoms with E-state index in [9.17, 15) is 0 Å². The van der Waals surface area contributed by atoms with Gasteiger partial charge >= 0.3 is 0 Å². The van der Waals surface area contributed by atoms with Gasteiger partial charge in [0.05, 0.1) is 0 Å². The summed E-state index contributed by atoms with van der Waals surface area (Å²) in [5, 5.41) is 4.60. The van der Waals surface area contributed by atoms with E-state index in [1.54, 1.807) is 0 Å². The van der Waals surface area contributed by atoms with Crippen molar-refractivity contribution in [3.63, 3.8) is 0 Å². The minimum Gasteiger partial charge on any atom is -0.360 e. The predicted molar refractivity (Wildman–Crippen MR) is 80.9 cm³/mol. The fraction of sp³-hybridized carbons (Fsp3) is 0.929. The van der Waals surface area contributed by atoms with Crippen molar-refractivity contribution >= 4 is 17.3 Å². The van der Waals surface area contributed by atoms with Crippen molar-refractivity contribution in [3.8, 4) is 0 Å². The van der Waals surface area contributed by atoms with Crippen molar-refractivity contribution in [2.75, 3.05) is 26.7 Å². The molecule has 2 rings (SSSR count). The van der Waals surface area contributed by atoms with Crippen LogP contribution in [0, 0.1) is 0 Å². The fourth-order valence-corrected chi connectivity index (χ4v) is 3.59. The number of hydrogen-bond acceptors (Lipinski definition) is 2. The van der Waals surface area contributed by atoms with E-state index in [4.69, 9.17) is 12.2 Å². The highest BCUT2D eigenvalue weighted by Crippen LogP contribution is 2.19. The second kappa shape index (κ2) is 6.71. The molecule has 0 spiro atoms. The minimum absolute atomic E-state index is 0.582. The minimum atomic E-state index is 0.582. The quantitative estimate of drug-likeness (QED) is 0.775. The Bertz CT molecular complexity index is 276. The Hall–Kier alpha value is -0.350. The molecule has 1 aliphatic heterocycles. The molecular formula is C14H27N3S. The van der Waals surface area contributed by atoms with Crippen molar-refractivity contribution in [1.82, 2.24) is 15.1 Å². The van der Waals surface area contributed by atoms with E-state index in [2.05, 4.69) is 29.1 Å². The van der Waals surface area contributed by atoms with Gasteiger partial charge in [0.2, 0.25) is 0 Å². The second-order valence-electron chi connectivity index (χ2n) is 5.80. The molecule has 0 aromatic carbocycles. The summed E-state index contributed by atoms with van der Waals surface area (Å²) in [5.41, 5.74) is 0. The van der Waals surface area contributed by atoms with Crippen LogP contribution >= 0.6 is 12.2 Å².